The zero-order valence-corrected chi connectivity index (χ0v) is 21.1. The molecule has 3 heterocycles. The van der Waals surface area contributed by atoms with Gasteiger partial charge in [0.1, 0.15) is 0 Å². The third kappa shape index (κ3) is 3.81. The van der Waals surface area contributed by atoms with E-state index in [9.17, 15) is 19.5 Å². The lowest BCUT2D eigenvalue weighted by molar-refractivity contribution is -0.134. The Kier molecular flexibility index (Phi) is 5.56. The second-order valence-corrected chi connectivity index (χ2v) is 10.8. The minimum Gasteiger partial charge on any atom is -0.450 e. The number of esters is 1. The average Bonchev–Trinajstić information content (AvgIpc) is 3.55. The monoisotopic (exact) mass is 504 g/mol. The van der Waals surface area contributed by atoms with Crippen LogP contribution in [0.1, 0.15) is 66.1 Å². The Morgan fingerprint density at radius 1 is 0.919 bits per heavy atom. The molecule has 3 aliphatic heterocycles. The molecule has 2 aromatic rings. The zero-order valence-electron chi connectivity index (χ0n) is 21.1. The van der Waals surface area contributed by atoms with Crippen LogP contribution in [0.3, 0.4) is 0 Å². The van der Waals surface area contributed by atoms with E-state index in [2.05, 4.69) is 0 Å². The summed E-state index contributed by atoms with van der Waals surface area (Å²) in [6.07, 6.45) is 2.70. The number of nitrogens with zero attached hydrogens (tertiary/aromatic N) is 2. The van der Waals surface area contributed by atoms with Gasteiger partial charge >= 0.3 is 12.1 Å². The fourth-order valence-corrected chi connectivity index (χ4v) is 6.32. The third-order valence-electron chi connectivity index (χ3n) is 8.70. The summed E-state index contributed by atoms with van der Waals surface area (Å²) >= 11 is 0. The van der Waals surface area contributed by atoms with Crippen LogP contribution in [0.2, 0.25) is 0 Å². The van der Waals surface area contributed by atoms with Gasteiger partial charge in [-0.05, 0) is 49.8 Å². The van der Waals surface area contributed by atoms with Gasteiger partial charge in [0.15, 0.2) is 5.60 Å². The van der Waals surface area contributed by atoms with Gasteiger partial charge in [-0.15, -0.1) is 0 Å². The molecule has 2 aromatic carbocycles. The minimum absolute atomic E-state index is 0.0824. The van der Waals surface area contributed by atoms with E-state index < -0.39 is 16.6 Å². The molecule has 0 radical (unpaired) electrons. The molecular weight excluding hydrogens is 472 g/mol. The SMILES string of the molecule is CCOC(=O)N1CCC(O)(c2ccc(C3(C(=O)N4CCC5(C4)OC(=O)c4ccccc45)CC3)cc2)CC1. The Morgan fingerprint density at radius 3 is 2.24 bits per heavy atom. The maximum atomic E-state index is 13.8. The number of hydrogen-bond acceptors (Lipinski definition) is 6. The lowest BCUT2D eigenvalue weighted by Gasteiger charge is -2.38. The highest BCUT2D eigenvalue weighted by molar-refractivity contribution is 5.96. The second-order valence-electron chi connectivity index (χ2n) is 10.8. The van der Waals surface area contributed by atoms with E-state index in [1.54, 1.807) is 17.9 Å². The maximum absolute atomic E-state index is 13.8. The molecule has 8 heteroatoms. The fourth-order valence-electron chi connectivity index (χ4n) is 6.32. The van der Waals surface area contributed by atoms with Crippen molar-refractivity contribution in [2.45, 2.75) is 55.6 Å². The highest BCUT2D eigenvalue weighted by Crippen LogP contribution is 2.52. The summed E-state index contributed by atoms with van der Waals surface area (Å²) in [5, 5.41) is 11.3. The van der Waals surface area contributed by atoms with Crippen molar-refractivity contribution in [3.63, 3.8) is 0 Å². The van der Waals surface area contributed by atoms with Crippen molar-refractivity contribution < 1.29 is 29.0 Å². The normalized spacial score (nSPS) is 25.1. The van der Waals surface area contributed by atoms with E-state index in [4.69, 9.17) is 9.47 Å². The van der Waals surface area contributed by atoms with Crippen molar-refractivity contribution in [3.05, 3.63) is 70.8 Å². The first-order chi connectivity index (χ1) is 17.8. The lowest BCUT2D eigenvalue weighted by atomic mass is 9.83. The third-order valence-corrected chi connectivity index (χ3v) is 8.70. The van der Waals surface area contributed by atoms with Crippen LogP contribution in [0.5, 0.6) is 0 Å². The van der Waals surface area contributed by atoms with Gasteiger partial charge in [-0.25, -0.2) is 9.59 Å². The van der Waals surface area contributed by atoms with Crippen LogP contribution in [0.15, 0.2) is 48.5 Å². The Labute approximate surface area is 216 Å². The quantitative estimate of drug-likeness (QED) is 0.641. The summed E-state index contributed by atoms with van der Waals surface area (Å²) in [5.74, 6) is -0.230. The molecule has 1 unspecified atom stereocenters. The van der Waals surface area contributed by atoms with Gasteiger partial charge in [-0.3, -0.25) is 4.79 Å². The van der Waals surface area contributed by atoms with Crippen molar-refractivity contribution in [2.24, 2.45) is 0 Å². The van der Waals surface area contributed by atoms with Crippen LogP contribution in [0.4, 0.5) is 4.79 Å². The molecule has 6 rings (SSSR count). The molecule has 4 aliphatic rings. The summed E-state index contributed by atoms with van der Waals surface area (Å²) in [6.45, 7) is 3.91. The largest absolute Gasteiger partial charge is 0.450 e. The number of piperidine rings is 1. The van der Waals surface area contributed by atoms with E-state index in [1.165, 1.54) is 0 Å². The molecule has 1 spiro atoms. The van der Waals surface area contributed by atoms with Crippen LogP contribution < -0.4 is 0 Å². The van der Waals surface area contributed by atoms with Crippen molar-refractivity contribution in [2.75, 3.05) is 32.8 Å². The first kappa shape index (κ1) is 24.0. The van der Waals surface area contributed by atoms with Crippen LogP contribution in [-0.2, 0) is 30.9 Å². The highest BCUT2D eigenvalue weighted by Gasteiger charge is 2.57. The molecule has 1 N–H and O–H groups in total. The van der Waals surface area contributed by atoms with E-state index >= 15 is 0 Å². The molecule has 1 saturated carbocycles. The van der Waals surface area contributed by atoms with Crippen LogP contribution in [0.25, 0.3) is 0 Å². The molecule has 8 nitrogen and oxygen atoms in total. The first-order valence-corrected chi connectivity index (χ1v) is 13.2. The van der Waals surface area contributed by atoms with Crippen molar-refractivity contribution in [1.82, 2.24) is 9.80 Å². The molecule has 2 amide bonds. The molecule has 1 atom stereocenters. The Hall–Kier alpha value is -3.39. The highest BCUT2D eigenvalue weighted by atomic mass is 16.6. The molecule has 0 bridgehead atoms. The molecular formula is C29H32N2O6. The molecule has 3 fully saturated rings. The number of rotatable bonds is 4. The predicted octanol–water partition coefficient (Wildman–Crippen LogP) is 3.46. The predicted molar refractivity (Wildman–Crippen MR) is 134 cm³/mol. The summed E-state index contributed by atoms with van der Waals surface area (Å²) in [7, 11) is 0. The number of likely N-dealkylation sites (tertiary alicyclic amines) is 2. The van der Waals surface area contributed by atoms with Gasteiger partial charge < -0.3 is 24.4 Å². The molecule has 37 heavy (non-hydrogen) atoms. The number of fused-ring (bicyclic) bond motifs is 2. The first-order valence-electron chi connectivity index (χ1n) is 13.2. The Bertz CT molecular complexity index is 1250. The van der Waals surface area contributed by atoms with Gasteiger partial charge in [0.2, 0.25) is 5.91 Å². The zero-order chi connectivity index (χ0) is 25.8. The van der Waals surface area contributed by atoms with Crippen LogP contribution >= 0.6 is 0 Å². The molecule has 1 aliphatic carbocycles. The van der Waals surface area contributed by atoms with Crippen molar-refractivity contribution in [3.8, 4) is 0 Å². The minimum atomic E-state index is -1.01. The Balaban J connectivity index is 1.15. The van der Waals surface area contributed by atoms with Gasteiger partial charge in [-0.2, -0.15) is 0 Å². The van der Waals surface area contributed by atoms with Gasteiger partial charge in [-0.1, -0.05) is 42.5 Å². The average molecular weight is 505 g/mol. The summed E-state index contributed by atoms with van der Waals surface area (Å²) in [5.41, 5.74) is 0.929. The standard InChI is InChI=1S/C29H32N2O6/c1-2-36-26(34)30-16-13-28(35,14-17-30)21-9-7-20(8-10-21)27(11-12-27)25(33)31-18-15-29(19-31)23-6-4-3-5-22(23)24(32)37-29/h3-10,35H,2,11-19H2,1H3. The van der Waals surface area contributed by atoms with Crippen molar-refractivity contribution >= 4 is 18.0 Å². The lowest BCUT2D eigenvalue weighted by Crippen LogP contribution is -2.45. The number of carbonyl (C=O) groups excluding carboxylic acids is 3. The van der Waals surface area contributed by atoms with Crippen molar-refractivity contribution in [1.29, 1.82) is 0 Å². The summed E-state index contributed by atoms with van der Waals surface area (Å²) in [4.78, 5) is 41.7. The molecule has 194 valence electrons. The van der Waals surface area contributed by atoms with Gasteiger partial charge in [0.25, 0.3) is 0 Å². The van der Waals surface area contributed by atoms with Gasteiger partial charge in [0, 0.05) is 31.6 Å². The number of aliphatic hydroxyl groups is 1. The van der Waals surface area contributed by atoms with E-state index in [0.29, 0.717) is 57.6 Å². The molecule has 2 saturated heterocycles. The second kappa shape index (κ2) is 8.58. The maximum Gasteiger partial charge on any atom is 0.409 e. The number of ether oxygens (including phenoxy) is 2. The summed E-state index contributed by atoms with van der Waals surface area (Å²) < 4.78 is 10.9. The number of hydrogen-bond donors (Lipinski definition) is 1. The van der Waals surface area contributed by atoms with Gasteiger partial charge in [0.05, 0.1) is 29.7 Å². The number of benzene rings is 2. The van der Waals surface area contributed by atoms with E-state index in [1.807, 2.05) is 47.4 Å². The number of carbonyl (C=O) groups is 3. The number of amides is 2. The fraction of sp³-hybridized carbons (Fsp3) is 0.483. The van der Waals surface area contributed by atoms with Crippen LogP contribution in [0, 0.1) is 0 Å². The smallest absolute Gasteiger partial charge is 0.409 e. The van der Waals surface area contributed by atoms with E-state index in [0.717, 1.165) is 29.5 Å². The Morgan fingerprint density at radius 2 is 1.57 bits per heavy atom. The topological polar surface area (TPSA) is 96.4 Å². The van der Waals surface area contributed by atoms with E-state index in [-0.39, 0.29) is 18.0 Å². The molecule has 0 aromatic heterocycles. The van der Waals surface area contributed by atoms with Crippen LogP contribution in [-0.4, -0.2) is 65.7 Å². The summed E-state index contributed by atoms with van der Waals surface area (Å²) in [6, 6.07) is 15.2.